The van der Waals surface area contributed by atoms with Gasteiger partial charge in [0.15, 0.2) is 14.0 Å². The average Bonchev–Trinajstić information content (AvgIpc) is 3.07. The van der Waals surface area contributed by atoms with Crippen molar-refractivity contribution in [1.82, 2.24) is 10.3 Å². The van der Waals surface area contributed by atoms with E-state index in [4.69, 9.17) is 13.9 Å². The lowest BCUT2D eigenvalue weighted by molar-refractivity contribution is -0.150. The Bertz CT molecular complexity index is 796. The summed E-state index contributed by atoms with van der Waals surface area (Å²) in [6, 6.07) is -0.804. The molecule has 31 heavy (non-hydrogen) atoms. The molecule has 0 unspecified atom stereocenters. The van der Waals surface area contributed by atoms with Crippen LogP contribution in [0.15, 0.2) is 5.38 Å². The highest BCUT2D eigenvalue weighted by Crippen LogP contribution is 2.38. The molecule has 1 rings (SSSR count). The minimum Gasteiger partial charge on any atom is -0.476 e. The summed E-state index contributed by atoms with van der Waals surface area (Å²) in [5, 5.41) is 13.4. The first-order valence-electron chi connectivity index (χ1n) is 9.90. The first-order valence-corrected chi connectivity index (χ1v) is 13.7. The quantitative estimate of drug-likeness (QED) is 0.421. The van der Waals surface area contributed by atoms with Crippen LogP contribution in [0.4, 0.5) is 4.79 Å². The van der Waals surface area contributed by atoms with Gasteiger partial charge in [-0.25, -0.2) is 19.4 Å². The van der Waals surface area contributed by atoms with Crippen LogP contribution < -0.4 is 5.32 Å². The Morgan fingerprint density at radius 3 is 2.19 bits per heavy atom. The number of aromatic nitrogens is 1. The Hall–Kier alpha value is -1.98. The number of amides is 1. The van der Waals surface area contributed by atoms with Crippen molar-refractivity contribution in [3.05, 3.63) is 16.1 Å². The molecule has 0 aliphatic carbocycles. The molecule has 1 aromatic heterocycles. The minimum atomic E-state index is -2.36. The molecule has 0 aliphatic heterocycles. The summed E-state index contributed by atoms with van der Waals surface area (Å²) >= 11 is 1.07. The number of ether oxygens (including phenoxy) is 2. The summed E-state index contributed by atoms with van der Waals surface area (Å²) in [4.78, 5) is 40.3. The maximum Gasteiger partial charge on any atom is 0.408 e. The van der Waals surface area contributed by atoms with Gasteiger partial charge in [0, 0.05) is 11.8 Å². The molecule has 0 aromatic carbocycles. The van der Waals surface area contributed by atoms with Crippen LogP contribution in [-0.2, 0) is 18.7 Å². The van der Waals surface area contributed by atoms with Gasteiger partial charge < -0.3 is 24.3 Å². The van der Waals surface area contributed by atoms with E-state index in [-0.39, 0.29) is 17.2 Å². The fourth-order valence-electron chi connectivity index (χ4n) is 2.29. The Morgan fingerprint density at radius 1 is 1.19 bits per heavy atom. The molecule has 11 heteroatoms. The van der Waals surface area contributed by atoms with E-state index in [0.717, 1.165) is 11.3 Å². The van der Waals surface area contributed by atoms with Gasteiger partial charge in [-0.3, -0.25) is 0 Å². The van der Waals surface area contributed by atoms with Crippen molar-refractivity contribution in [3.63, 3.8) is 0 Å². The number of hydrogen-bond donors (Lipinski definition) is 2. The Morgan fingerprint density at radius 2 is 1.77 bits per heavy atom. The lowest BCUT2D eigenvalue weighted by Crippen LogP contribution is -2.47. The number of carboxylic acids is 1. The monoisotopic (exact) mass is 474 g/mol. The van der Waals surface area contributed by atoms with Gasteiger partial charge in [-0.2, -0.15) is 0 Å². The molecule has 1 heterocycles. The summed E-state index contributed by atoms with van der Waals surface area (Å²) in [6.07, 6.45) is -1.66. The van der Waals surface area contributed by atoms with Crippen molar-refractivity contribution in [1.29, 1.82) is 0 Å². The van der Waals surface area contributed by atoms with Crippen LogP contribution >= 0.6 is 11.3 Å². The first-order chi connectivity index (χ1) is 14.0. The van der Waals surface area contributed by atoms with E-state index in [1.54, 1.807) is 20.8 Å². The molecule has 0 radical (unpaired) electrons. The fourth-order valence-corrected chi connectivity index (χ4v) is 4.40. The van der Waals surface area contributed by atoms with Crippen LogP contribution in [0.3, 0.4) is 0 Å². The van der Waals surface area contributed by atoms with E-state index in [9.17, 15) is 19.5 Å². The molecular formula is C20H34N2O7SSi. The number of carbonyl (C=O) groups is 3. The molecule has 0 aliphatic rings. The lowest BCUT2D eigenvalue weighted by atomic mass is 10.1. The third-order valence-corrected chi connectivity index (χ3v) is 10.3. The smallest absolute Gasteiger partial charge is 0.408 e. The lowest BCUT2D eigenvalue weighted by Gasteiger charge is -2.39. The topological polar surface area (TPSA) is 124 Å². The zero-order chi connectivity index (χ0) is 24.2. The van der Waals surface area contributed by atoms with Crippen LogP contribution in [0.1, 0.15) is 69.5 Å². The molecule has 1 amide bonds. The van der Waals surface area contributed by atoms with E-state index >= 15 is 0 Å². The van der Waals surface area contributed by atoms with E-state index in [1.807, 2.05) is 33.9 Å². The van der Waals surface area contributed by atoms with Gasteiger partial charge >= 0.3 is 18.0 Å². The van der Waals surface area contributed by atoms with Crippen LogP contribution in [0.25, 0.3) is 0 Å². The Kier molecular flexibility index (Phi) is 8.81. The van der Waals surface area contributed by atoms with Crippen molar-refractivity contribution in [3.8, 4) is 0 Å². The summed E-state index contributed by atoms with van der Waals surface area (Å²) in [5.74, 6) is -1.75. The molecule has 9 nitrogen and oxygen atoms in total. The van der Waals surface area contributed by atoms with Crippen LogP contribution in [0.5, 0.6) is 0 Å². The maximum absolute atomic E-state index is 12.5. The number of rotatable bonds is 8. The normalized spacial score (nSPS) is 14.5. The molecule has 2 atom stereocenters. The number of thiazole rings is 1. The number of methoxy groups -OCH3 is 1. The third kappa shape index (κ3) is 8.23. The molecule has 0 bridgehead atoms. The highest BCUT2D eigenvalue weighted by atomic mass is 32.1. The summed E-state index contributed by atoms with van der Waals surface area (Å²) in [6.45, 7) is 15.3. The molecule has 0 spiro atoms. The molecular weight excluding hydrogens is 440 g/mol. The van der Waals surface area contributed by atoms with E-state index in [1.165, 1.54) is 12.5 Å². The van der Waals surface area contributed by atoms with Crippen molar-refractivity contribution in [2.75, 3.05) is 7.11 Å². The highest BCUT2D eigenvalue weighted by Gasteiger charge is 2.42. The van der Waals surface area contributed by atoms with Crippen LogP contribution in [-0.4, -0.2) is 55.3 Å². The predicted molar refractivity (Wildman–Crippen MR) is 120 cm³/mol. The second kappa shape index (κ2) is 10.1. The number of alkyl carbamates (subject to hydrolysis) is 1. The van der Waals surface area contributed by atoms with Gasteiger partial charge in [0.05, 0.1) is 13.2 Å². The van der Waals surface area contributed by atoms with E-state index in [2.05, 4.69) is 10.3 Å². The molecule has 176 valence electrons. The number of carbonyl (C=O) groups excluding carboxylic acids is 2. The van der Waals surface area contributed by atoms with Gasteiger partial charge in [0.25, 0.3) is 0 Å². The fraction of sp³-hybridized carbons (Fsp3) is 0.700. The number of nitrogens with one attached hydrogen (secondary N) is 1. The molecule has 0 fully saturated rings. The second-order valence-corrected chi connectivity index (χ2v) is 15.3. The average molecular weight is 475 g/mol. The molecule has 0 saturated heterocycles. The first kappa shape index (κ1) is 27.1. The highest BCUT2D eigenvalue weighted by molar-refractivity contribution is 7.09. The van der Waals surface area contributed by atoms with Crippen molar-refractivity contribution in [2.45, 2.75) is 83.8 Å². The Balaban J connectivity index is 3.25. The standard InChI is InChI=1S/C20H34N2O7SSi/c1-19(2,3)28-18(26)22-12(15-21-13(11-30-15)16(23)24)10-14(17(25)27-7)29-31(8,9)20(4,5)6/h11-12,14H,10H2,1-9H3,(H,22,26)(H,23,24)/t12-,14-/m0/s1. The number of hydrogen-bond acceptors (Lipinski definition) is 8. The SMILES string of the molecule is COC(=O)[C@H](C[C@H](NC(=O)OC(C)(C)C)c1nc(C(=O)O)cs1)O[Si](C)(C)C(C)(C)C. The molecule has 1 aromatic rings. The Labute approximate surface area is 188 Å². The van der Waals surface area contributed by atoms with E-state index in [0.29, 0.717) is 5.01 Å². The van der Waals surface area contributed by atoms with Gasteiger partial charge in [0.1, 0.15) is 16.7 Å². The number of nitrogens with zero attached hydrogens (tertiary/aromatic N) is 1. The van der Waals surface area contributed by atoms with Crippen molar-refractivity contribution < 1.29 is 33.4 Å². The number of carboxylic acid groups (broad SMARTS) is 1. The predicted octanol–water partition coefficient (Wildman–Crippen LogP) is 4.36. The summed E-state index contributed by atoms with van der Waals surface area (Å²) in [7, 11) is -1.09. The maximum atomic E-state index is 12.5. The van der Waals surface area contributed by atoms with Gasteiger partial charge in [-0.15, -0.1) is 11.3 Å². The van der Waals surface area contributed by atoms with E-state index < -0.39 is 44.1 Å². The van der Waals surface area contributed by atoms with Gasteiger partial charge in [0.2, 0.25) is 0 Å². The van der Waals surface area contributed by atoms with Gasteiger partial charge in [-0.1, -0.05) is 20.8 Å². The zero-order valence-electron chi connectivity index (χ0n) is 19.7. The number of aromatic carboxylic acids is 1. The molecule has 2 N–H and O–H groups in total. The third-order valence-electron chi connectivity index (χ3n) is 4.89. The van der Waals surface area contributed by atoms with Crippen LogP contribution in [0, 0.1) is 0 Å². The largest absolute Gasteiger partial charge is 0.476 e. The molecule has 0 saturated carbocycles. The summed E-state index contributed by atoms with van der Waals surface area (Å²) in [5.41, 5.74) is -0.876. The van der Waals surface area contributed by atoms with Crippen LogP contribution in [0.2, 0.25) is 18.1 Å². The minimum absolute atomic E-state index is 0.0188. The van der Waals surface area contributed by atoms with Crippen molar-refractivity contribution >= 4 is 37.7 Å². The summed E-state index contributed by atoms with van der Waals surface area (Å²) < 4.78 is 16.5. The zero-order valence-corrected chi connectivity index (χ0v) is 21.5. The van der Waals surface area contributed by atoms with Gasteiger partial charge in [-0.05, 0) is 38.9 Å². The van der Waals surface area contributed by atoms with Crippen molar-refractivity contribution in [2.24, 2.45) is 0 Å². The second-order valence-electron chi connectivity index (χ2n) is 9.70. The number of esters is 1.